The minimum absolute atomic E-state index is 0.164. The van der Waals surface area contributed by atoms with E-state index in [1.807, 2.05) is 0 Å². The maximum absolute atomic E-state index is 14.2. The summed E-state index contributed by atoms with van der Waals surface area (Å²) in [5.41, 5.74) is 4.58. The lowest BCUT2D eigenvalue weighted by Gasteiger charge is -2.42. The lowest BCUT2D eigenvalue weighted by molar-refractivity contribution is 0.0549. The predicted molar refractivity (Wildman–Crippen MR) is 93.2 cm³/mol. The Bertz CT molecular complexity index is 340. The quantitative estimate of drug-likeness (QED) is 0.495. The van der Waals surface area contributed by atoms with Crippen LogP contribution in [0.15, 0.2) is 0 Å². The summed E-state index contributed by atoms with van der Waals surface area (Å²) in [5, 5.41) is 13.0. The van der Waals surface area contributed by atoms with Crippen molar-refractivity contribution in [1.82, 2.24) is 21.3 Å². The van der Waals surface area contributed by atoms with Gasteiger partial charge in [0.05, 0.1) is 6.17 Å². The highest BCUT2D eigenvalue weighted by atomic mass is 19.1. The monoisotopic (exact) mass is 329 g/mol. The lowest BCUT2D eigenvalue weighted by Crippen LogP contribution is -2.77. The van der Waals surface area contributed by atoms with Gasteiger partial charge in [0, 0.05) is 6.04 Å². The molecule has 0 aromatic rings. The first-order valence-corrected chi connectivity index (χ1v) is 9.37. The molecule has 4 unspecified atom stereocenters. The van der Waals surface area contributed by atoms with Crippen LogP contribution in [0.2, 0.25) is 0 Å². The van der Waals surface area contributed by atoms with E-state index in [9.17, 15) is 4.39 Å². The molecule has 1 aliphatic carbocycles. The molecule has 0 aromatic carbocycles. The van der Waals surface area contributed by atoms with Crippen molar-refractivity contribution in [3.8, 4) is 0 Å². The normalized spacial score (nSPS) is 32.0. The Morgan fingerprint density at radius 3 is 2.48 bits per heavy atom. The van der Waals surface area contributed by atoms with Gasteiger partial charge in [0.2, 0.25) is 0 Å². The van der Waals surface area contributed by atoms with Crippen molar-refractivity contribution in [3.63, 3.8) is 0 Å². The van der Waals surface area contributed by atoms with Crippen LogP contribution in [-0.4, -0.2) is 30.5 Å². The van der Waals surface area contributed by atoms with Crippen molar-refractivity contribution in [1.29, 1.82) is 0 Å². The Kier molecular flexibility index (Phi) is 7.22. The van der Waals surface area contributed by atoms with E-state index in [4.69, 9.17) is 5.73 Å². The largest absolute Gasteiger partial charge is 0.303 e. The van der Waals surface area contributed by atoms with Crippen LogP contribution in [0, 0.1) is 5.92 Å². The van der Waals surface area contributed by atoms with Crippen LogP contribution in [-0.2, 0) is 0 Å². The molecule has 1 aliphatic heterocycles. The number of rotatable bonds is 7. The zero-order valence-electron chi connectivity index (χ0n) is 15.0. The summed E-state index contributed by atoms with van der Waals surface area (Å²) in [5.74, 6) is 0.897. The fraction of sp³-hybridized carbons (Fsp3) is 1.00. The Balaban J connectivity index is 1.79. The Labute approximate surface area is 140 Å². The summed E-state index contributed by atoms with van der Waals surface area (Å²) in [7, 11) is 0. The number of alkyl halides is 1. The molecule has 0 amide bonds. The van der Waals surface area contributed by atoms with Crippen molar-refractivity contribution in [2.45, 2.75) is 103 Å². The first-order valence-electron chi connectivity index (χ1n) is 9.37. The van der Waals surface area contributed by atoms with Gasteiger partial charge in [-0.15, -0.1) is 0 Å². The number of nitrogens with one attached hydrogen (secondary N) is 4. The zero-order chi connectivity index (χ0) is 16.9. The number of halogens is 1. The molecule has 5 nitrogen and oxygen atoms in total. The van der Waals surface area contributed by atoms with Crippen LogP contribution in [0.1, 0.15) is 72.1 Å². The molecule has 0 radical (unpaired) electrons. The molecule has 2 aliphatic rings. The average molecular weight is 330 g/mol. The van der Waals surface area contributed by atoms with Gasteiger partial charge in [-0.2, -0.15) is 0 Å². The molecule has 2 fully saturated rings. The second kappa shape index (κ2) is 8.72. The van der Waals surface area contributed by atoms with Crippen molar-refractivity contribution >= 4 is 0 Å². The highest BCUT2D eigenvalue weighted by Gasteiger charge is 2.36. The minimum atomic E-state index is -1.37. The van der Waals surface area contributed by atoms with E-state index in [0.29, 0.717) is 6.04 Å². The second-order valence-electron chi connectivity index (χ2n) is 7.76. The van der Waals surface area contributed by atoms with E-state index in [2.05, 4.69) is 28.2 Å². The van der Waals surface area contributed by atoms with Crippen LogP contribution in [0.25, 0.3) is 0 Å². The molecular formula is C17H36FN5. The van der Waals surface area contributed by atoms with E-state index < -0.39 is 18.1 Å². The van der Waals surface area contributed by atoms with Crippen LogP contribution in [0.4, 0.5) is 4.39 Å². The van der Waals surface area contributed by atoms with Gasteiger partial charge in [0.1, 0.15) is 18.2 Å². The third-order valence-corrected chi connectivity index (χ3v) is 5.26. The molecule has 0 spiro atoms. The second-order valence-corrected chi connectivity index (χ2v) is 7.76. The van der Waals surface area contributed by atoms with Crippen molar-refractivity contribution < 1.29 is 4.39 Å². The fourth-order valence-electron chi connectivity index (χ4n) is 3.72. The molecule has 2 rings (SSSR count). The van der Waals surface area contributed by atoms with Gasteiger partial charge in [-0.1, -0.05) is 39.0 Å². The van der Waals surface area contributed by atoms with Gasteiger partial charge < -0.3 is 5.73 Å². The van der Waals surface area contributed by atoms with Gasteiger partial charge in [-0.25, -0.2) is 4.39 Å². The molecular weight excluding hydrogens is 293 g/mol. The van der Waals surface area contributed by atoms with Crippen molar-refractivity contribution in [2.24, 2.45) is 11.7 Å². The third-order valence-electron chi connectivity index (χ3n) is 5.26. The predicted octanol–water partition coefficient (Wildman–Crippen LogP) is 2.10. The van der Waals surface area contributed by atoms with Crippen molar-refractivity contribution in [2.75, 3.05) is 0 Å². The van der Waals surface area contributed by atoms with Gasteiger partial charge >= 0.3 is 0 Å². The molecule has 4 atom stereocenters. The molecule has 1 saturated heterocycles. The van der Waals surface area contributed by atoms with Gasteiger partial charge in [0.15, 0.2) is 0 Å². The molecule has 136 valence electrons. The number of nitrogens with two attached hydrogens (primary N) is 1. The van der Waals surface area contributed by atoms with Crippen LogP contribution in [0.5, 0.6) is 0 Å². The summed E-state index contributed by atoms with van der Waals surface area (Å²) < 4.78 is 14.2. The number of hydrogen-bond donors (Lipinski definition) is 5. The topological polar surface area (TPSA) is 74.1 Å². The summed E-state index contributed by atoms with van der Waals surface area (Å²) >= 11 is 0. The Hall–Kier alpha value is -0.270. The van der Waals surface area contributed by atoms with Gasteiger partial charge in [-0.3, -0.25) is 21.3 Å². The van der Waals surface area contributed by atoms with E-state index >= 15 is 0 Å². The molecule has 0 aromatic heterocycles. The zero-order valence-corrected chi connectivity index (χ0v) is 15.0. The highest BCUT2D eigenvalue weighted by molar-refractivity contribution is 4.90. The van der Waals surface area contributed by atoms with Crippen LogP contribution < -0.4 is 27.0 Å². The molecule has 23 heavy (non-hydrogen) atoms. The van der Waals surface area contributed by atoms with Crippen LogP contribution >= 0.6 is 0 Å². The lowest BCUT2D eigenvalue weighted by atomic mass is 9.85. The van der Waals surface area contributed by atoms with E-state index in [-0.39, 0.29) is 6.29 Å². The summed E-state index contributed by atoms with van der Waals surface area (Å²) in [4.78, 5) is 0. The average Bonchev–Trinajstić information content (AvgIpc) is 2.51. The molecule has 1 heterocycles. The first kappa shape index (κ1) is 19.1. The first-order chi connectivity index (χ1) is 10.9. The molecule has 0 bridgehead atoms. The summed E-state index contributed by atoms with van der Waals surface area (Å²) in [6.07, 6.45) is 9.48. The fourth-order valence-corrected chi connectivity index (χ4v) is 3.72. The van der Waals surface area contributed by atoms with E-state index in [1.165, 1.54) is 44.9 Å². The maximum atomic E-state index is 14.2. The van der Waals surface area contributed by atoms with E-state index in [0.717, 1.165) is 12.3 Å². The van der Waals surface area contributed by atoms with E-state index in [1.54, 1.807) is 13.8 Å². The number of hydrogen-bond acceptors (Lipinski definition) is 5. The third kappa shape index (κ3) is 6.27. The highest BCUT2D eigenvalue weighted by Crippen LogP contribution is 2.28. The SMILES string of the molecule is CCC(CCC1CCCCC1)NC1NC(N)NC(C(C)(C)F)N1. The smallest absolute Gasteiger partial charge is 0.133 e. The molecule has 6 heteroatoms. The van der Waals surface area contributed by atoms with Crippen molar-refractivity contribution in [3.05, 3.63) is 0 Å². The minimum Gasteiger partial charge on any atom is -0.303 e. The molecule has 6 N–H and O–H groups in total. The van der Waals surface area contributed by atoms with Gasteiger partial charge in [-0.05, 0) is 39.0 Å². The Morgan fingerprint density at radius 2 is 1.87 bits per heavy atom. The van der Waals surface area contributed by atoms with Crippen LogP contribution in [0.3, 0.4) is 0 Å². The Morgan fingerprint density at radius 1 is 1.17 bits per heavy atom. The summed E-state index contributed by atoms with van der Waals surface area (Å²) in [6, 6.07) is 0.426. The maximum Gasteiger partial charge on any atom is 0.133 e. The molecule has 1 saturated carbocycles. The standard InChI is InChI=1S/C17H36FN5/c1-4-13(11-10-12-8-6-5-7-9-12)20-16-22-14(17(2,3)18)21-15(19)23-16/h12-16,20-23H,4-11,19H2,1-3H3. The van der Waals surface area contributed by atoms with Gasteiger partial charge in [0.25, 0.3) is 0 Å². The summed E-state index contributed by atoms with van der Waals surface area (Å²) in [6.45, 7) is 5.33.